The summed E-state index contributed by atoms with van der Waals surface area (Å²) in [5.41, 5.74) is 0.569. The minimum Gasteiger partial charge on any atom is -0.207 e. The fourth-order valence-electron chi connectivity index (χ4n) is 2.19. The second-order valence-electron chi connectivity index (χ2n) is 5.46. The molecule has 0 bridgehead atoms. The summed E-state index contributed by atoms with van der Waals surface area (Å²) in [6.45, 7) is 5.27. The Kier molecular flexibility index (Phi) is 3.41. The molecule has 0 aliphatic heterocycles. The highest BCUT2D eigenvalue weighted by Crippen LogP contribution is 2.40. The number of sulfonamides is 1. The average molecular weight is 278 g/mol. The summed E-state index contributed by atoms with van der Waals surface area (Å²) >= 11 is 0. The van der Waals surface area contributed by atoms with E-state index >= 15 is 0 Å². The number of aryl methyl sites for hydroxylation is 2. The van der Waals surface area contributed by atoms with E-state index < -0.39 is 15.6 Å². The molecular weight excluding hydrogens is 260 g/mol. The van der Waals surface area contributed by atoms with Gasteiger partial charge in [-0.15, -0.1) is 0 Å². The highest BCUT2D eigenvalue weighted by molar-refractivity contribution is 7.89. The van der Waals surface area contributed by atoms with Crippen LogP contribution in [-0.4, -0.2) is 14.0 Å². The van der Waals surface area contributed by atoms with Gasteiger partial charge in [-0.25, -0.2) is 8.42 Å². The maximum absolute atomic E-state index is 12.4. The molecule has 1 aromatic rings. The van der Waals surface area contributed by atoms with Gasteiger partial charge in [0.1, 0.15) is 5.54 Å². The molecule has 1 N–H and O–H groups in total. The van der Waals surface area contributed by atoms with E-state index in [0.29, 0.717) is 5.56 Å². The van der Waals surface area contributed by atoms with E-state index in [2.05, 4.69) is 10.8 Å². The van der Waals surface area contributed by atoms with Gasteiger partial charge in [-0.1, -0.05) is 12.1 Å². The van der Waals surface area contributed by atoms with E-state index in [1.807, 2.05) is 13.0 Å². The van der Waals surface area contributed by atoms with Crippen LogP contribution in [0.5, 0.6) is 0 Å². The van der Waals surface area contributed by atoms with Crippen LogP contribution >= 0.6 is 0 Å². The summed E-state index contributed by atoms with van der Waals surface area (Å²) in [4.78, 5) is 0.259. The largest absolute Gasteiger partial charge is 0.242 e. The third-order valence-electron chi connectivity index (χ3n) is 3.61. The van der Waals surface area contributed by atoms with Crippen LogP contribution in [0.2, 0.25) is 0 Å². The van der Waals surface area contributed by atoms with Crippen molar-refractivity contribution >= 4 is 10.0 Å². The molecule has 0 heterocycles. The molecule has 102 valence electrons. The molecule has 19 heavy (non-hydrogen) atoms. The molecule has 5 heteroatoms. The zero-order valence-corrected chi connectivity index (χ0v) is 12.2. The Balaban J connectivity index is 2.38. The lowest BCUT2D eigenvalue weighted by atomic mass is 10.0. The lowest BCUT2D eigenvalue weighted by Gasteiger charge is -2.23. The third kappa shape index (κ3) is 2.80. The number of nitrogens with one attached hydrogen (secondary N) is 1. The van der Waals surface area contributed by atoms with Crippen molar-refractivity contribution in [2.75, 3.05) is 0 Å². The molecule has 4 nitrogen and oxygen atoms in total. The lowest BCUT2D eigenvalue weighted by Crippen LogP contribution is -2.46. The minimum absolute atomic E-state index is 0.123. The van der Waals surface area contributed by atoms with Crippen molar-refractivity contribution in [3.8, 4) is 6.07 Å². The molecule has 1 fully saturated rings. The van der Waals surface area contributed by atoms with Crippen LogP contribution in [0.1, 0.15) is 30.9 Å². The second-order valence-corrected chi connectivity index (χ2v) is 7.11. The molecular formula is C14H18N2O2S. The fraction of sp³-hybridized carbons (Fsp3) is 0.500. The predicted octanol–water partition coefficient (Wildman–Crippen LogP) is 2.27. The van der Waals surface area contributed by atoms with Crippen LogP contribution in [0, 0.1) is 31.1 Å². The van der Waals surface area contributed by atoms with Gasteiger partial charge in [0.25, 0.3) is 0 Å². The first-order chi connectivity index (χ1) is 8.78. The van der Waals surface area contributed by atoms with Crippen molar-refractivity contribution in [2.45, 2.75) is 44.0 Å². The van der Waals surface area contributed by atoms with Gasteiger partial charge in [-0.3, -0.25) is 0 Å². The van der Waals surface area contributed by atoms with Crippen molar-refractivity contribution in [2.24, 2.45) is 5.92 Å². The van der Waals surface area contributed by atoms with Gasteiger partial charge < -0.3 is 0 Å². The van der Waals surface area contributed by atoms with E-state index in [-0.39, 0.29) is 10.8 Å². The van der Waals surface area contributed by atoms with Gasteiger partial charge in [0, 0.05) is 0 Å². The standard InChI is InChI=1S/C14H18N2O2S/c1-10-4-5-11(2)13(8-10)19(17,18)16-14(3,9-15)12-6-7-12/h4-5,8,12,16H,6-7H2,1-3H3/t14-/m1/s1. The smallest absolute Gasteiger partial charge is 0.207 e. The number of hydrogen-bond acceptors (Lipinski definition) is 3. The van der Waals surface area contributed by atoms with Crippen LogP contribution < -0.4 is 4.72 Å². The molecule has 0 aromatic heterocycles. The number of hydrogen-bond donors (Lipinski definition) is 1. The van der Waals surface area contributed by atoms with Crippen molar-refractivity contribution in [3.63, 3.8) is 0 Å². The molecule has 1 atom stereocenters. The maximum Gasteiger partial charge on any atom is 0.242 e. The normalized spacial score (nSPS) is 18.6. The first kappa shape index (κ1) is 14.0. The van der Waals surface area contributed by atoms with Crippen LogP contribution in [-0.2, 0) is 10.0 Å². The Bertz CT molecular complexity index is 642. The molecule has 0 unspecified atom stereocenters. The molecule has 1 aliphatic carbocycles. The summed E-state index contributed by atoms with van der Waals surface area (Å²) in [6.07, 6.45) is 1.80. The highest BCUT2D eigenvalue weighted by atomic mass is 32.2. The van der Waals surface area contributed by atoms with Crippen LogP contribution in [0.25, 0.3) is 0 Å². The van der Waals surface area contributed by atoms with Gasteiger partial charge in [-0.2, -0.15) is 9.98 Å². The van der Waals surface area contributed by atoms with Crippen molar-refractivity contribution in [1.29, 1.82) is 5.26 Å². The van der Waals surface area contributed by atoms with Gasteiger partial charge in [-0.05, 0) is 56.7 Å². The van der Waals surface area contributed by atoms with Crippen molar-refractivity contribution < 1.29 is 8.42 Å². The molecule has 0 radical (unpaired) electrons. The first-order valence-corrected chi connectivity index (χ1v) is 7.79. The van der Waals surface area contributed by atoms with E-state index in [1.165, 1.54) is 0 Å². The zero-order valence-electron chi connectivity index (χ0n) is 11.4. The van der Waals surface area contributed by atoms with Crippen LogP contribution in [0.15, 0.2) is 23.1 Å². The minimum atomic E-state index is -3.66. The summed E-state index contributed by atoms with van der Waals surface area (Å²) < 4.78 is 27.5. The van der Waals surface area contributed by atoms with Gasteiger partial charge in [0.15, 0.2) is 0 Å². The SMILES string of the molecule is Cc1ccc(C)c(S(=O)(=O)N[C@](C)(C#N)C2CC2)c1. The highest BCUT2D eigenvalue weighted by Gasteiger charge is 2.44. The second kappa shape index (κ2) is 4.62. The van der Waals surface area contributed by atoms with E-state index in [1.54, 1.807) is 26.0 Å². The summed E-state index contributed by atoms with van der Waals surface area (Å²) in [5.74, 6) is 0.123. The Labute approximate surface area is 114 Å². The van der Waals surface area contributed by atoms with Crippen LogP contribution in [0.3, 0.4) is 0 Å². The predicted molar refractivity (Wildman–Crippen MR) is 73.0 cm³/mol. The Morgan fingerprint density at radius 1 is 1.37 bits per heavy atom. The summed E-state index contributed by atoms with van der Waals surface area (Å²) in [6, 6.07) is 7.41. The molecule has 1 aromatic carbocycles. The van der Waals surface area contributed by atoms with Gasteiger partial charge in [0.05, 0.1) is 11.0 Å². The number of benzene rings is 1. The first-order valence-electron chi connectivity index (χ1n) is 6.31. The molecule has 1 aliphatic rings. The average Bonchev–Trinajstić information content (AvgIpc) is 3.15. The van der Waals surface area contributed by atoms with E-state index in [9.17, 15) is 13.7 Å². The van der Waals surface area contributed by atoms with E-state index in [4.69, 9.17) is 0 Å². The Morgan fingerprint density at radius 2 is 2.00 bits per heavy atom. The topological polar surface area (TPSA) is 70.0 Å². The number of rotatable bonds is 4. The molecule has 2 rings (SSSR count). The summed E-state index contributed by atoms with van der Waals surface area (Å²) in [5, 5.41) is 9.25. The number of nitrogens with zero attached hydrogens (tertiary/aromatic N) is 1. The molecule has 0 amide bonds. The maximum atomic E-state index is 12.4. The van der Waals surface area contributed by atoms with Crippen molar-refractivity contribution in [3.05, 3.63) is 29.3 Å². The summed E-state index contributed by atoms with van der Waals surface area (Å²) in [7, 11) is -3.66. The molecule has 1 saturated carbocycles. The van der Waals surface area contributed by atoms with E-state index in [0.717, 1.165) is 18.4 Å². The fourth-order valence-corrected chi connectivity index (χ4v) is 3.90. The lowest BCUT2D eigenvalue weighted by molar-refractivity contribution is 0.458. The van der Waals surface area contributed by atoms with Crippen LogP contribution in [0.4, 0.5) is 0 Å². The quantitative estimate of drug-likeness (QED) is 0.918. The monoisotopic (exact) mass is 278 g/mol. The Hall–Kier alpha value is -1.38. The van der Waals surface area contributed by atoms with Crippen molar-refractivity contribution in [1.82, 2.24) is 4.72 Å². The van der Waals surface area contributed by atoms with Gasteiger partial charge >= 0.3 is 0 Å². The molecule has 0 spiro atoms. The molecule has 0 saturated heterocycles. The van der Waals surface area contributed by atoms with Gasteiger partial charge in [0.2, 0.25) is 10.0 Å². The Morgan fingerprint density at radius 3 is 2.53 bits per heavy atom. The zero-order chi connectivity index (χ0) is 14.3. The number of nitriles is 1. The third-order valence-corrected chi connectivity index (χ3v) is 5.32.